The topological polar surface area (TPSA) is 58.6 Å². The first-order chi connectivity index (χ1) is 13.2. The zero-order valence-electron chi connectivity index (χ0n) is 15.8. The minimum Gasteiger partial charge on any atom is -0.381 e. The van der Waals surface area contributed by atoms with E-state index in [1.54, 1.807) is 0 Å². The summed E-state index contributed by atoms with van der Waals surface area (Å²) >= 11 is 0. The van der Waals surface area contributed by atoms with Gasteiger partial charge in [-0.05, 0) is 30.9 Å². The number of likely N-dealkylation sites (tertiary alicyclic amines) is 1. The van der Waals surface area contributed by atoms with Crippen LogP contribution in [-0.2, 0) is 27.0 Å². The average Bonchev–Trinajstić information content (AvgIpc) is 3.00. The number of carbonyl (C=O) groups is 2. The van der Waals surface area contributed by atoms with E-state index in [0.29, 0.717) is 32.5 Å². The van der Waals surface area contributed by atoms with Crippen LogP contribution in [0.3, 0.4) is 0 Å². The Morgan fingerprint density at radius 2 is 1.96 bits per heavy atom. The summed E-state index contributed by atoms with van der Waals surface area (Å²) in [6.45, 7) is 3.13. The summed E-state index contributed by atoms with van der Waals surface area (Å²) in [5.41, 5.74) is -1.16. The van der Waals surface area contributed by atoms with E-state index in [1.165, 1.54) is 23.1 Å². The van der Waals surface area contributed by atoms with Gasteiger partial charge in [-0.3, -0.25) is 9.59 Å². The Balaban J connectivity index is 1.65. The molecule has 0 aliphatic carbocycles. The van der Waals surface area contributed by atoms with Crippen molar-refractivity contribution >= 4 is 11.8 Å². The number of hydrogen-bond acceptors (Lipinski definition) is 3. The van der Waals surface area contributed by atoms with Gasteiger partial charge in [0.2, 0.25) is 11.8 Å². The van der Waals surface area contributed by atoms with E-state index in [0.717, 1.165) is 6.07 Å². The van der Waals surface area contributed by atoms with Gasteiger partial charge in [0.15, 0.2) is 0 Å². The molecule has 2 heterocycles. The fraction of sp³-hybridized carbons (Fsp3) is 0.600. The second-order valence-corrected chi connectivity index (χ2v) is 7.55. The Morgan fingerprint density at radius 3 is 2.61 bits per heavy atom. The molecule has 2 amide bonds. The lowest BCUT2D eigenvalue weighted by Gasteiger charge is -2.35. The quantitative estimate of drug-likeness (QED) is 0.829. The number of halogens is 3. The van der Waals surface area contributed by atoms with Gasteiger partial charge in [-0.2, -0.15) is 13.2 Å². The molecule has 3 rings (SSSR count). The molecule has 5 nitrogen and oxygen atoms in total. The van der Waals surface area contributed by atoms with Crippen LogP contribution >= 0.6 is 0 Å². The lowest BCUT2D eigenvalue weighted by molar-refractivity contribution is -0.139. The molecule has 2 aliphatic rings. The van der Waals surface area contributed by atoms with Gasteiger partial charge in [0.1, 0.15) is 0 Å². The summed E-state index contributed by atoms with van der Waals surface area (Å²) in [5.74, 6) is -0.339. The minimum absolute atomic E-state index is 0.0600. The van der Waals surface area contributed by atoms with Gasteiger partial charge < -0.3 is 15.0 Å². The molecule has 1 aromatic carbocycles. The van der Waals surface area contributed by atoms with E-state index in [4.69, 9.17) is 4.74 Å². The highest BCUT2D eigenvalue weighted by Crippen LogP contribution is 2.35. The first kappa shape index (κ1) is 20.6. The third kappa shape index (κ3) is 4.32. The molecule has 1 unspecified atom stereocenters. The minimum atomic E-state index is -4.47. The standard InChI is InChI=1S/C20H25F3N2O3/c1-2-19(7-9-28-10-8-19)18(27)24-15-11-17(26)25(13-15)12-14-5-3-4-6-16(14)20(21,22)23/h3-6,15H,2,7-13H2,1H3,(H,24,27). The zero-order chi connectivity index (χ0) is 20.4. The fourth-order valence-corrected chi connectivity index (χ4v) is 4.00. The molecule has 0 saturated carbocycles. The van der Waals surface area contributed by atoms with Crippen LogP contribution in [0.5, 0.6) is 0 Å². The summed E-state index contributed by atoms with van der Waals surface area (Å²) in [5, 5.41) is 2.95. The number of nitrogens with zero attached hydrogens (tertiary/aromatic N) is 1. The van der Waals surface area contributed by atoms with E-state index >= 15 is 0 Å². The van der Waals surface area contributed by atoms with Crippen LogP contribution in [0.4, 0.5) is 13.2 Å². The van der Waals surface area contributed by atoms with Gasteiger partial charge in [0, 0.05) is 32.7 Å². The third-order valence-electron chi connectivity index (χ3n) is 5.84. The van der Waals surface area contributed by atoms with Gasteiger partial charge in [0.25, 0.3) is 0 Å². The number of amides is 2. The smallest absolute Gasteiger partial charge is 0.381 e. The van der Waals surface area contributed by atoms with Crippen LogP contribution in [0.1, 0.15) is 43.7 Å². The maximum absolute atomic E-state index is 13.2. The van der Waals surface area contributed by atoms with Gasteiger partial charge in [-0.1, -0.05) is 25.1 Å². The summed E-state index contributed by atoms with van der Waals surface area (Å²) in [6, 6.07) is 4.88. The summed E-state index contributed by atoms with van der Waals surface area (Å²) in [7, 11) is 0. The van der Waals surface area contributed by atoms with Crippen LogP contribution in [0.25, 0.3) is 0 Å². The molecule has 154 valence electrons. The fourth-order valence-electron chi connectivity index (χ4n) is 4.00. The first-order valence-electron chi connectivity index (χ1n) is 9.57. The van der Waals surface area contributed by atoms with Crippen molar-refractivity contribution in [1.29, 1.82) is 0 Å². The number of ether oxygens (including phenoxy) is 1. The lowest BCUT2D eigenvalue weighted by Crippen LogP contribution is -2.48. The Hall–Kier alpha value is -2.09. The van der Waals surface area contributed by atoms with Crippen LogP contribution < -0.4 is 5.32 Å². The van der Waals surface area contributed by atoms with Crippen molar-refractivity contribution in [3.05, 3.63) is 35.4 Å². The van der Waals surface area contributed by atoms with Crippen molar-refractivity contribution in [2.75, 3.05) is 19.8 Å². The first-order valence-corrected chi connectivity index (χ1v) is 9.57. The Kier molecular flexibility index (Phi) is 5.98. The van der Waals surface area contributed by atoms with Crippen molar-refractivity contribution in [2.24, 2.45) is 5.41 Å². The number of hydrogen-bond donors (Lipinski definition) is 1. The summed E-state index contributed by atoms with van der Waals surface area (Å²) in [4.78, 5) is 26.5. The van der Waals surface area contributed by atoms with Crippen molar-refractivity contribution in [3.63, 3.8) is 0 Å². The van der Waals surface area contributed by atoms with E-state index < -0.39 is 17.2 Å². The van der Waals surface area contributed by atoms with Gasteiger partial charge >= 0.3 is 6.18 Å². The zero-order valence-corrected chi connectivity index (χ0v) is 15.8. The number of nitrogens with one attached hydrogen (secondary N) is 1. The van der Waals surface area contributed by atoms with E-state index in [2.05, 4.69) is 5.32 Å². The number of rotatable bonds is 5. The largest absolute Gasteiger partial charge is 0.416 e. The highest BCUT2D eigenvalue weighted by atomic mass is 19.4. The second-order valence-electron chi connectivity index (χ2n) is 7.55. The molecule has 0 spiro atoms. The van der Waals surface area contributed by atoms with Crippen LogP contribution in [0, 0.1) is 5.41 Å². The molecule has 2 saturated heterocycles. The highest BCUT2D eigenvalue weighted by molar-refractivity contribution is 5.85. The molecule has 1 atom stereocenters. The molecule has 1 N–H and O–H groups in total. The van der Waals surface area contributed by atoms with Crippen LogP contribution in [0.15, 0.2) is 24.3 Å². The predicted molar refractivity (Wildman–Crippen MR) is 96.2 cm³/mol. The average molecular weight is 398 g/mol. The molecule has 28 heavy (non-hydrogen) atoms. The molecular formula is C20H25F3N2O3. The maximum Gasteiger partial charge on any atom is 0.416 e. The molecule has 0 aromatic heterocycles. The van der Waals surface area contributed by atoms with Crippen molar-refractivity contribution < 1.29 is 27.5 Å². The molecule has 2 fully saturated rings. The van der Waals surface area contributed by atoms with Gasteiger partial charge in [-0.25, -0.2) is 0 Å². The maximum atomic E-state index is 13.2. The Bertz CT molecular complexity index is 730. The molecule has 1 aromatic rings. The van der Waals surface area contributed by atoms with Gasteiger partial charge in [-0.15, -0.1) is 0 Å². The predicted octanol–water partition coefficient (Wildman–Crippen LogP) is 3.13. The monoisotopic (exact) mass is 398 g/mol. The third-order valence-corrected chi connectivity index (χ3v) is 5.84. The Morgan fingerprint density at radius 1 is 1.29 bits per heavy atom. The van der Waals surface area contributed by atoms with Crippen molar-refractivity contribution in [1.82, 2.24) is 10.2 Å². The SMILES string of the molecule is CCC1(C(=O)NC2CC(=O)N(Cc3ccccc3C(F)(F)F)C2)CCOCC1. The van der Waals surface area contributed by atoms with E-state index in [9.17, 15) is 22.8 Å². The summed E-state index contributed by atoms with van der Waals surface area (Å²) in [6.07, 6.45) is -2.40. The van der Waals surface area contributed by atoms with Crippen molar-refractivity contribution in [2.45, 2.75) is 51.4 Å². The molecular weight excluding hydrogens is 373 g/mol. The van der Waals surface area contributed by atoms with E-state index in [1.807, 2.05) is 6.92 Å². The van der Waals surface area contributed by atoms with E-state index in [-0.39, 0.29) is 42.9 Å². The van der Waals surface area contributed by atoms with Crippen LogP contribution in [-0.4, -0.2) is 42.5 Å². The Labute approximate surface area is 162 Å². The van der Waals surface area contributed by atoms with Gasteiger partial charge in [0.05, 0.1) is 17.0 Å². The summed E-state index contributed by atoms with van der Waals surface area (Å²) < 4.78 is 44.9. The second kappa shape index (κ2) is 8.11. The number of alkyl halides is 3. The molecule has 8 heteroatoms. The number of benzene rings is 1. The lowest BCUT2D eigenvalue weighted by atomic mass is 9.77. The van der Waals surface area contributed by atoms with Crippen LogP contribution in [0.2, 0.25) is 0 Å². The normalized spacial score (nSPS) is 22.4. The molecule has 0 radical (unpaired) electrons. The number of carbonyl (C=O) groups excluding carboxylic acids is 2. The van der Waals surface area contributed by atoms with Crippen molar-refractivity contribution in [3.8, 4) is 0 Å². The molecule has 0 bridgehead atoms. The molecule has 2 aliphatic heterocycles. The highest BCUT2D eigenvalue weighted by Gasteiger charge is 2.41.